The number of fused-ring (bicyclic) bond motifs is 2. The van der Waals surface area contributed by atoms with Crippen LogP contribution in [0, 0.1) is 18.8 Å². The molecule has 9 heteroatoms. The molecule has 0 aromatic carbocycles. The molecule has 1 amide bonds. The molecule has 0 spiro atoms. The summed E-state index contributed by atoms with van der Waals surface area (Å²) in [5, 5.41) is 7.93. The van der Waals surface area contributed by atoms with Crippen LogP contribution in [-0.4, -0.2) is 67.7 Å². The molecule has 196 valence electrons. The number of hydrogen-bond acceptors (Lipinski definition) is 7. The Labute approximate surface area is 223 Å². The second kappa shape index (κ2) is 9.76. The minimum Gasteiger partial charge on any atom is -0.482 e. The predicted octanol–water partition coefficient (Wildman–Crippen LogP) is 3.80. The minimum atomic E-state index is -0.200. The van der Waals surface area contributed by atoms with Gasteiger partial charge in [-0.05, 0) is 70.3 Å². The molecule has 0 radical (unpaired) electrons. The van der Waals surface area contributed by atoms with Crippen LogP contribution < -0.4 is 10.1 Å². The highest BCUT2D eigenvalue weighted by molar-refractivity contribution is 5.94. The van der Waals surface area contributed by atoms with Crippen molar-refractivity contribution < 1.29 is 9.53 Å². The van der Waals surface area contributed by atoms with E-state index in [1.807, 2.05) is 43.5 Å². The number of ether oxygens (including phenoxy) is 1. The predicted molar refractivity (Wildman–Crippen MR) is 145 cm³/mol. The molecular weight excluding hydrogens is 478 g/mol. The van der Waals surface area contributed by atoms with Gasteiger partial charge in [0.2, 0.25) is 0 Å². The van der Waals surface area contributed by atoms with Crippen LogP contribution in [0.5, 0.6) is 5.75 Å². The van der Waals surface area contributed by atoms with Crippen LogP contribution in [0.2, 0.25) is 0 Å². The molecule has 0 aliphatic carbocycles. The lowest BCUT2D eigenvalue weighted by molar-refractivity contribution is -0.132. The van der Waals surface area contributed by atoms with Crippen molar-refractivity contribution >= 4 is 17.4 Å². The molecule has 2 saturated heterocycles. The van der Waals surface area contributed by atoms with E-state index in [1.54, 1.807) is 11.6 Å². The molecule has 38 heavy (non-hydrogen) atoms. The number of amides is 1. The number of piperidine rings is 1. The summed E-state index contributed by atoms with van der Waals surface area (Å²) in [7, 11) is 1.92. The lowest BCUT2D eigenvalue weighted by Gasteiger charge is -2.47. The van der Waals surface area contributed by atoms with Gasteiger partial charge in [0.1, 0.15) is 11.9 Å². The van der Waals surface area contributed by atoms with E-state index in [4.69, 9.17) is 9.72 Å². The van der Waals surface area contributed by atoms with Crippen molar-refractivity contribution in [1.82, 2.24) is 29.5 Å². The molecule has 6 rings (SSSR count). The molecule has 3 aliphatic rings. The molecule has 1 N–H and O–H groups in total. The third-order valence-electron chi connectivity index (χ3n) is 7.97. The molecule has 6 heterocycles. The van der Waals surface area contributed by atoms with Gasteiger partial charge in [-0.15, -0.1) is 0 Å². The smallest absolute Gasteiger partial charge is 0.298 e. The number of likely N-dealkylation sites (tertiary alicyclic amines) is 2. The zero-order chi connectivity index (χ0) is 26.4. The highest BCUT2D eigenvalue weighted by Gasteiger charge is 2.36. The summed E-state index contributed by atoms with van der Waals surface area (Å²) in [5.74, 6) is 7.25. The summed E-state index contributed by atoms with van der Waals surface area (Å²) in [6.45, 7) is 9.36. The molecule has 1 atom stereocenters. The first-order chi connectivity index (χ1) is 18.4. The summed E-state index contributed by atoms with van der Waals surface area (Å²) in [6.07, 6.45) is 7.60. The first-order valence-electron chi connectivity index (χ1n) is 13.3. The number of carbonyl (C=O) groups is 1. The number of anilines is 2. The first kappa shape index (κ1) is 24.4. The SMILES string of the molecule is CC#CC(=O)N1CC(N2CCC(c3cc4c(c(C)n3)O[C@@H](C)c3c(-c5cnn(C)c5)ccnc3N4)CC2)C1. The highest BCUT2D eigenvalue weighted by atomic mass is 16.5. The maximum Gasteiger partial charge on any atom is 0.298 e. The lowest BCUT2D eigenvalue weighted by Crippen LogP contribution is -2.61. The standard InChI is InChI=1S/C29H33N7O2/c1-5-6-26(37)36-16-22(17-36)35-11-8-20(9-12-35)24-13-25-28(18(2)32-24)38-19(3)27-23(7-10-30-29(27)33-25)21-14-31-34(4)15-21/h7,10,13-15,19-20,22H,8-9,11-12,16-17H2,1-4H3,(H,30,33)/t19-/m0/s1. The Hall–Kier alpha value is -3.90. The molecular formula is C29H33N7O2. The van der Waals surface area contributed by atoms with E-state index in [9.17, 15) is 4.79 Å². The molecule has 3 aromatic heterocycles. The zero-order valence-electron chi connectivity index (χ0n) is 22.4. The average molecular weight is 512 g/mol. The number of hydrogen-bond donors (Lipinski definition) is 1. The average Bonchev–Trinajstić information content (AvgIpc) is 3.25. The third kappa shape index (κ3) is 4.39. The number of nitrogens with one attached hydrogen (secondary N) is 1. The first-order valence-corrected chi connectivity index (χ1v) is 13.3. The van der Waals surface area contributed by atoms with Gasteiger partial charge in [0.25, 0.3) is 5.91 Å². The number of aromatic nitrogens is 4. The summed E-state index contributed by atoms with van der Waals surface area (Å²) in [5.41, 5.74) is 6.02. The quantitative estimate of drug-likeness (QED) is 0.535. The van der Waals surface area contributed by atoms with E-state index < -0.39 is 0 Å². The Balaban J connectivity index is 1.19. The van der Waals surface area contributed by atoms with E-state index in [1.165, 1.54) is 0 Å². The maximum atomic E-state index is 12.0. The molecule has 3 aliphatic heterocycles. The monoisotopic (exact) mass is 511 g/mol. The van der Waals surface area contributed by atoms with Gasteiger partial charge in [0.15, 0.2) is 5.75 Å². The van der Waals surface area contributed by atoms with Crippen molar-refractivity contribution in [3.8, 4) is 28.7 Å². The second-order valence-electron chi connectivity index (χ2n) is 10.5. The van der Waals surface area contributed by atoms with Crippen molar-refractivity contribution in [2.45, 2.75) is 51.7 Å². The van der Waals surface area contributed by atoms with Crippen LogP contribution in [0.15, 0.2) is 30.7 Å². The largest absolute Gasteiger partial charge is 0.482 e. The summed E-state index contributed by atoms with van der Waals surface area (Å²) in [6, 6.07) is 4.61. The van der Waals surface area contributed by atoms with Gasteiger partial charge >= 0.3 is 0 Å². The van der Waals surface area contributed by atoms with Crippen LogP contribution in [0.25, 0.3) is 11.1 Å². The van der Waals surface area contributed by atoms with E-state index >= 15 is 0 Å². The van der Waals surface area contributed by atoms with Gasteiger partial charge in [-0.1, -0.05) is 5.92 Å². The fraction of sp³-hybridized carbons (Fsp3) is 0.448. The van der Waals surface area contributed by atoms with E-state index in [0.717, 1.165) is 84.4 Å². The van der Waals surface area contributed by atoms with Crippen LogP contribution in [-0.2, 0) is 11.8 Å². The summed E-state index contributed by atoms with van der Waals surface area (Å²) >= 11 is 0. The van der Waals surface area contributed by atoms with Crippen LogP contribution >= 0.6 is 0 Å². The van der Waals surface area contributed by atoms with Gasteiger partial charge in [-0.2, -0.15) is 5.10 Å². The van der Waals surface area contributed by atoms with Crippen molar-refractivity contribution in [1.29, 1.82) is 0 Å². The van der Waals surface area contributed by atoms with Gasteiger partial charge < -0.3 is 15.0 Å². The third-order valence-corrected chi connectivity index (χ3v) is 7.97. The number of carbonyl (C=O) groups excluding carboxylic acids is 1. The molecule has 3 aromatic rings. The fourth-order valence-corrected chi connectivity index (χ4v) is 5.89. The molecule has 0 bridgehead atoms. The van der Waals surface area contributed by atoms with Crippen LogP contribution in [0.1, 0.15) is 55.7 Å². The van der Waals surface area contributed by atoms with Gasteiger partial charge in [-0.3, -0.25) is 19.4 Å². The van der Waals surface area contributed by atoms with Gasteiger partial charge in [-0.25, -0.2) is 4.98 Å². The fourth-order valence-electron chi connectivity index (χ4n) is 5.89. The summed E-state index contributed by atoms with van der Waals surface area (Å²) < 4.78 is 8.31. The normalized spacial score (nSPS) is 19.7. The minimum absolute atomic E-state index is 0.0593. The van der Waals surface area contributed by atoms with Crippen molar-refractivity contribution in [3.05, 3.63) is 47.7 Å². The van der Waals surface area contributed by atoms with E-state index in [-0.39, 0.29) is 12.0 Å². The van der Waals surface area contributed by atoms with Crippen molar-refractivity contribution in [3.63, 3.8) is 0 Å². The van der Waals surface area contributed by atoms with Crippen molar-refractivity contribution in [2.75, 3.05) is 31.5 Å². The number of rotatable bonds is 3. The van der Waals surface area contributed by atoms with E-state index in [0.29, 0.717) is 12.0 Å². The molecule has 0 unspecified atom stereocenters. The Morgan fingerprint density at radius 3 is 2.74 bits per heavy atom. The molecule has 2 fully saturated rings. The van der Waals surface area contributed by atoms with Gasteiger partial charge in [0, 0.05) is 61.3 Å². The maximum absolute atomic E-state index is 12.0. The van der Waals surface area contributed by atoms with Gasteiger partial charge in [0.05, 0.1) is 17.6 Å². The van der Waals surface area contributed by atoms with Crippen molar-refractivity contribution in [2.24, 2.45) is 7.05 Å². The Morgan fingerprint density at radius 2 is 2.03 bits per heavy atom. The number of nitrogens with zero attached hydrogens (tertiary/aromatic N) is 6. The summed E-state index contributed by atoms with van der Waals surface area (Å²) in [4.78, 5) is 26.0. The number of pyridine rings is 2. The Morgan fingerprint density at radius 1 is 1.24 bits per heavy atom. The Kier molecular flexibility index (Phi) is 6.28. The molecule has 0 saturated carbocycles. The topological polar surface area (TPSA) is 88.4 Å². The van der Waals surface area contributed by atoms with Crippen LogP contribution in [0.4, 0.5) is 11.5 Å². The van der Waals surface area contributed by atoms with E-state index in [2.05, 4.69) is 45.1 Å². The lowest BCUT2D eigenvalue weighted by atomic mass is 9.90. The Bertz CT molecular complexity index is 1440. The van der Waals surface area contributed by atoms with Crippen LogP contribution in [0.3, 0.4) is 0 Å². The second-order valence-corrected chi connectivity index (χ2v) is 10.5. The number of aryl methyl sites for hydroxylation is 2. The highest BCUT2D eigenvalue weighted by Crippen LogP contribution is 2.44. The molecule has 9 nitrogen and oxygen atoms in total. The zero-order valence-corrected chi connectivity index (χ0v) is 22.4.